The molecule has 14 rings (SSSR count). The number of benzene rings is 9. The number of thiophene rings is 1. The predicted molar refractivity (Wildman–Crippen MR) is 270 cm³/mol. The molecule has 5 heteroatoms. The van der Waals surface area contributed by atoms with Crippen molar-refractivity contribution in [3.05, 3.63) is 199 Å². The van der Waals surface area contributed by atoms with Gasteiger partial charge in [-0.15, -0.1) is 22.7 Å². The molecular formula is C58H37N3S2. The number of para-hydroxylation sites is 1. The van der Waals surface area contributed by atoms with Gasteiger partial charge < -0.3 is 9.30 Å². The van der Waals surface area contributed by atoms with E-state index in [1.54, 1.807) is 11.3 Å². The molecule has 0 aliphatic heterocycles. The molecule has 0 N–H and O–H groups in total. The molecule has 296 valence electrons. The number of rotatable bonds is 5. The molecule has 9 aromatic carbocycles. The summed E-state index contributed by atoms with van der Waals surface area (Å²) in [4.78, 5) is 7.77. The van der Waals surface area contributed by atoms with Gasteiger partial charge in [0, 0.05) is 69.8 Å². The molecule has 0 spiro atoms. The zero-order chi connectivity index (χ0) is 41.6. The second-order valence-corrected chi connectivity index (χ2v) is 19.5. The SMILES string of the molecule is CC1(C)c2ccccc2-c2ccc(N(c3ccc(-c4cccc5c4sc4ccccc45)cc3)c3ccc4c(c3)c3c5sc(-c6ccccc6)nc5cc5c6ccccc6n4c53)cc21. The van der Waals surface area contributed by atoms with Crippen molar-refractivity contribution in [1.82, 2.24) is 9.38 Å². The summed E-state index contributed by atoms with van der Waals surface area (Å²) >= 11 is 3.69. The first-order valence-electron chi connectivity index (χ1n) is 21.6. The molecule has 0 amide bonds. The van der Waals surface area contributed by atoms with Crippen LogP contribution >= 0.6 is 22.7 Å². The smallest absolute Gasteiger partial charge is 0.124 e. The van der Waals surface area contributed by atoms with Gasteiger partial charge in [-0.3, -0.25) is 0 Å². The predicted octanol–water partition coefficient (Wildman–Crippen LogP) is 16.9. The average molecular weight is 840 g/mol. The summed E-state index contributed by atoms with van der Waals surface area (Å²) in [5, 5.41) is 8.70. The summed E-state index contributed by atoms with van der Waals surface area (Å²) in [5.74, 6) is 0. The fourth-order valence-corrected chi connectivity index (χ4v) is 13.2. The minimum absolute atomic E-state index is 0.132. The highest BCUT2D eigenvalue weighted by atomic mass is 32.1. The van der Waals surface area contributed by atoms with Crippen LogP contribution in [0.5, 0.6) is 0 Å². The third-order valence-corrected chi connectivity index (χ3v) is 16.1. The largest absolute Gasteiger partial charge is 0.310 e. The first kappa shape index (κ1) is 35.3. The van der Waals surface area contributed by atoms with E-state index in [2.05, 4.69) is 211 Å². The van der Waals surface area contributed by atoms with Gasteiger partial charge in [0.2, 0.25) is 0 Å². The van der Waals surface area contributed by atoms with Crippen molar-refractivity contribution < 1.29 is 0 Å². The Balaban J connectivity index is 1.00. The number of aromatic nitrogens is 2. The Bertz CT molecular complexity index is 4000. The summed E-state index contributed by atoms with van der Waals surface area (Å²) in [7, 11) is 0. The molecule has 13 aromatic rings. The first-order chi connectivity index (χ1) is 31.0. The first-order valence-corrected chi connectivity index (χ1v) is 23.2. The second kappa shape index (κ2) is 12.9. The van der Waals surface area contributed by atoms with Gasteiger partial charge in [0.05, 0.1) is 26.8 Å². The molecule has 1 aliphatic rings. The number of thiazole rings is 1. The van der Waals surface area contributed by atoms with Crippen molar-refractivity contribution in [2.75, 3.05) is 4.90 Å². The standard InChI is InChI=1S/C58H37N3S2/c1-58(2)47-20-9-6-15-40(47)41-29-27-38(32-48(41)58)60(36-25-23-34(24-26-36)39-18-12-19-44-43-17-8-11-22-52(43)62-55(39)44)37-28-30-51-46(31-37)53-54-45(42-16-7-10-21-50(42)61(51)54)33-49-56(53)63-57(59-49)35-13-4-3-5-14-35/h3-33H,1-2H3. The van der Waals surface area contributed by atoms with Gasteiger partial charge in [0.15, 0.2) is 0 Å². The summed E-state index contributed by atoms with van der Waals surface area (Å²) < 4.78 is 6.37. The van der Waals surface area contributed by atoms with Crippen molar-refractivity contribution in [2.45, 2.75) is 19.3 Å². The maximum atomic E-state index is 5.30. The van der Waals surface area contributed by atoms with E-state index in [4.69, 9.17) is 4.98 Å². The molecule has 1 aliphatic carbocycles. The summed E-state index contributed by atoms with van der Waals surface area (Å²) in [6.45, 7) is 4.74. The normalized spacial score (nSPS) is 13.4. The molecular weight excluding hydrogens is 803 g/mol. The highest BCUT2D eigenvalue weighted by Crippen LogP contribution is 2.52. The Labute approximate surface area is 371 Å². The van der Waals surface area contributed by atoms with E-state index in [-0.39, 0.29) is 5.41 Å². The van der Waals surface area contributed by atoms with Crippen LogP contribution in [-0.4, -0.2) is 9.38 Å². The van der Waals surface area contributed by atoms with Crippen LogP contribution in [0.3, 0.4) is 0 Å². The number of anilines is 3. The van der Waals surface area contributed by atoms with Crippen LogP contribution in [0.4, 0.5) is 17.1 Å². The highest BCUT2D eigenvalue weighted by molar-refractivity contribution is 7.26. The van der Waals surface area contributed by atoms with Crippen LogP contribution in [0.2, 0.25) is 0 Å². The van der Waals surface area contributed by atoms with E-state index >= 15 is 0 Å². The molecule has 4 aromatic heterocycles. The van der Waals surface area contributed by atoms with Crippen molar-refractivity contribution in [3.8, 4) is 32.8 Å². The van der Waals surface area contributed by atoms with E-state index in [0.29, 0.717) is 0 Å². The molecule has 3 nitrogen and oxygen atoms in total. The van der Waals surface area contributed by atoms with Gasteiger partial charge in [-0.1, -0.05) is 141 Å². The lowest BCUT2D eigenvalue weighted by Gasteiger charge is -2.28. The zero-order valence-corrected chi connectivity index (χ0v) is 36.2. The van der Waals surface area contributed by atoms with Crippen LogP contribution < -0.4 is 4.90 Å². The van der Waals surface area contributed by atoms with Crippen LogP contribution in [-0.2, 0) is 5.41 Å². The van der Waals surface area contributed by atoms with Gasteiger partial charge in [-0.05, 0) is 94.0 Å². The Morgan fingerprint density at radius 3 is 2.03 bits per heavy atom. The van der Waals surface area contributed by atoms with E-state index in [0.717, 1.165) is 33.1 Å². The van der Waals surface area contributed by atoms with E-state index in [9.17, 15) is 0 Å². The van der Waals surface area contributed by atoms with Crippen LogP contribution in [0.1, 0.15) is 25.0 Å². The number of hydrogen-bond donors (Lipinski definition) is 0. The lowest BCUT2D eigenvalue weighted by Crippen LogP contribution is -2.16. The van der Waals surface area contributed by atoms with Crippen molar-refractivity contribution in [1.29, 1.82) is 0 Å². The van der Waals surface area contributed by atoms with E-state index in [1.807, 2.05) is 11.3 Å². The van der Waals surface area contributed by atoms with Gasteiger partial charge >= 0.3 is 0 Å². The third-order valence-electron chi connectivity index (χ3n) is 13.7. The monoisotopic (exact) mass is 839 g/mol. The van der Waals surface area contributed by atoms with Gasteiger partial charge in [0.1, 0.15) is 5.01 Å². The van der Waals surface area contributed by atoms with Gasteiger partial charge in [-0.25, -0.2) is 4.98 Å². The molecule has 4 heterocycles. The minimum Gasteiger partial charge on any atom is -0.310 e. The maximum Gasteiger partial charge on any atom is 0.124 e. The molecule has 63 heavy (non-hydrogen) atoms. The number of nitrogens with zero attached hydrogens (tertiary/aromatic N) is 3. The van der Waals surface area contributed by atoms with Crippen molar-refractivity contribution in [3.63, 3.8) is 0 Å². The molecule has 0 atom stereocenters. The lowest BCUT2D eigenvalue weighted by molar-refractivity contribution is 0.660. The molecule has 0 saturated heterocycles. The Kier molecular flexibility index (Phi) is 7.21. The molecule has 0 bridgehead atoms. The van der Waals surface area contributed by atoms with Crippen molar-refractivity contribution in [2.24, 2.45) is 0 Å². The quantitative estimate of drug-likeness (QED) is 0.172. The average Bonchev–Trinajstić information content (AvgIpc) is 4.13. The molecule has 0 fully saturated rings. The second-order valence-electron chi connectivity index (χ2n) is 17.5. The van der Waals surface area contributed by atoms with Crippen LogP contribution in [0, 0.1) is 0 Å². The lowest BCUT2D eigenvalue weighted by atomic mass is 9.82. The number of hydrogen-bond acceptors (Lipinski definition) is 4. The van der Waals surface area contributed by atoms with Crippen LogP contribution in [0.25, 0.3) is 101 Å². The summed E-state index contributed by atoms with van der Waals surface area (Å²) in [6, 6.07) is 69.6. The Morgan fingerprint density at radius 2 is 1.14 bits per heavy atom. The zero-order valence-electron chi connectivity index (χ0n) is 34.6. The highest BCUT2D eigenvalue weighted by Gasteiger charge is 2.36. The maximum absolute atomic E-state index is 5.30. The Morgan fingerprint density at radius 1 is 0.460 bits per heavy atom. The fraction of sp³-hybridized carbons (Fsp3) is 0.0517. The van der Waals surface area contributed by atoms with Gasteiger partial charge in [-0.2, -0.15) is 0 Å². The fourth-order valence-electron chi connectivity index (χ4n) is 10.8. The third kappa shape index (κ3) is 4.92. The van der Waals surface area contributed by atoms with E-state index < -0.39 is 0 Å². The molecule has 0 saturated carbocycles. The topological polar surface area (TPSA) is 20.5 Å². The van der Waals surface area contributed by atoms with Crippen molar-refractivity contribution >= 4 is 108 Å². The van der Waals surface area contributed by atoms with E-state index in [1.165, 1.54) is 96.3 Å². The Hall–Kier alpha value is -7.31. The van der Waals surface area contributed by atoms with Gasteiger partial charge in [0.25, 0.3) is 0 Å². The molecule has 0 radical (unpaired) electrons. The molecule has 0 unspecified atom stereocenters. The van der Waals surface area contributed by atoms with Crippen LogP contribution in [0.15, 0.2) is 188 Å². The number of fused-ring (bicyclic) bond motifs is 14. The summed E-state index contributed by atoms with van der Waals surface area (Å²) in [5.41, 5.74) is 17.0. The summed E-state index contributed by atoms with van der Waals surface area (Å²) in [6.07, 6.45) is 0. The minimum atomic E-state index is -0.132.